The number of aliphatic hydroxyl groups excluding tert-OH is 2. The lowest BCUT2D eigenvalue weighted by atomic mass is 10.2. The number of aliphatic hydroxyl groups is 2. The van der Waals surface area contributed by atoms with Gasteiger partial charge in [0.25, 0.3) is 0 Å². The molecular formula is C13H20N6O3. The summed E-state index contributed by atoms with van der Waals surface area (Å²) < 4.78 is 6.94. The van der Waals surface area contributed by atoms with Gasteiger partial charge in [-0.05, 0) is 13.8 Å². The number of ether oxygens (including phenoxy) is 1. The summed E-state index contributed by atoms with van der Waals surface area (Å²) in [6.07, 6.45) is -0.124. The highest BCUT2D eigenvalue weighted by Gasteiger charge is 2.35. The Labute approximate surface area is 128 Å². The SMILES string of the molecule is CCN(CC)N=Nc1nn([C@H]2C[C@H](O)[C@@H](CO)O2)cc1C#N. The van der Waals surface area contributed by atoms with Gasteiger partial charge in [-0.1, -0.05) is 5.22 Å². The highest BCUT2D eigenvalue weighted by Crippen LogP contribution is 2.30. The number of hydrogen-bond donors (Lipinski definition) is 2. The van der Waals surface area contributed by atoms with Gasteiger partial charge in [0, 0.05) is 25.7 Å². The van der Waals surface area contributed by atoms with Crippen molar-refractivity contribution in [3.63, 3.8) is 0 Å². The largest absolute Gasteiger partial charge is 0.394 e. The highest BCUT2D eigenvalue weighted by atomic mass is 16.5. The van der Waals surface area contributed by atoms with Crippen LogP contribution in [0.2, 0.25) is 0 Å². The van der Waals surface area contributed by atoms with Crippen LogP contribution in [0, 0.1) is 11.3 Å². The number of nitrogens with zero attached hydrogens (tertiary/aromatic N) is 6. The number of hydrogen-bond acceptors (Lipinski definition) is 7. The van der Waals surface area contributed by atoms with E-state index in [0.29, 0.717) is 19.5 Å². The molecule has 0 spiro atoms. The van der Waals surface area contributed by atoms with E-state index in [1.807, 2.05) is 19.9 Å². The molecule has 0 amide bonds. The van der Waals surface area contributed by atoms with Crippen molar-refractivity contribution in [2.75, 3.05) is 19.7 Å². The first-order valence-electron chi connectivity index (χ1n) is 7.23. The first-order valence-corrected chi connectivity index (χ1v) is 7.23. The monoisotopic (exact) mass is 308 g/mol. The molecule has 2 N–H and O–H groups in total. The van der Waals surface area contributed by atoms with Crippen LogP contribution in [0.25, 0.3) is 0 Å². The maximum atomic E-state index is 9.75. The summed E-state index contributed by atoms with van der Waals surface area (Å²) in [7, 11) is 0. The van der Waals surface area contributed by atoms with Crippen molar-refractivity contribution in [1.82, 2.24) is 14.8 Å². The number of aromatic nitrogens is 2. The molecule has 9 nitrogen and oxygen atoms in total. The van der Waals surface area contributed by atoms with Gasteiger partial charge in [0.05, 0.1) is 12.7 Å². The summed E-state index contributed by atoms with van der Waals surface area (Å²) in [6, 6.07) is 2.01. The van der Waals surface area contributed by atoms with E-state index < -0.39 is 18.4 Å². The van der Waals surface area contributed by atoms with Gasteiger partial charge in [0.15, 0.2) is 6.23 Å². The van der Waals surface area contributed by atoms with E-state index in [9.17, 15) is 5.11 Å². The average molecular weight is 308 g/mol. The van der Waals surface area contributed by atoms with Crippen molar-refractivity contribution in [3.05, 3.63) is 11.8 Å². The van der Waals surface area contributed by atoms with Crippen molar-refractivity contribution in [1.29, 1.82) is 5.26 Å². The molecular weight excluding hydrogens is 288 g/mol. The molecule has 0 aromatic carbocycles. The first-order chi connectivity index (χ1) is 10.6. The quantitative estimate of drug-likeness (QED) is 0.591. The molecule has 0 bridgehead atoms. The Hall–Kier alpha value is -2.02. The summed E-state index contributed by atoms with van der Waals surface area (Å²) in [4.78, 5) is 0. The molecule has 2 rings (SSSR count). The molecule has 120 valence electrons. The Balaban J connectivity index is 2.17. The van der Waals surface area contributed by atoms with Gasteiger partial charge in [-0.3, -0.25) is 5.01 Å². The van der Waals surface area contributed by atoms with Gasteiger partial charge in [0.2, 0.25) is 5.82 Å². The third kappa shape index (κ3) is 3.41. The fraction of sp³-hybridized carbons (Fsp3) is 0.692. The highest BCUT2D eigenvalue weighted by molar-refractivity contribution is 5.45. The van der Waals surface area contributed by atoms with Gasteiger partial charge in [0.1, 0.15) is 17.7 Å². The molecule has 1 aliphatic rings. The van der Waals surface area contributed by atoms with Crippen molar-refractivity contribution in [2.45, 2.75) is 38.7 Å². The molecule has 22 heavy (non-hydrogen) atoms. The molecule has 9 heteroatoms. The lowest BCUT2D eigenvalue weighted by Gasteiger charge is -2.12. The van der Waals surface area contributed by atoms with Crippen LogP contribution < -0.4 is 0 Å². The summed E-state index contributed by atoms with van der Waals surface area (Å²) in [6.45, 7) is 5.06. The van der Waals surface area contributed by atoms with Crippen LogP contribution in [0.15, 0.2) is 16.5 Å². The number of nitriles is 1. The lowest BCUT2D eigenvalue weighted by molar-refractivity contribution is -0.0483. The van der Waals surface area contributed by atoms with E-state index in [0.717, 1.165) is 0 Å². The summed E-state index contributed by atoms with van der Waals surface area (Å²) >= 11 is 0. The van der Waals surface area contributed by atoms with Crippen LogP contribution in [0.5, 0.6) is 0 Å². The zero-order valence-corrected chi connectivity index (χ0v) is 12.6. The van der Waals surface area contributed by atoms with E-state index >= 15 is 0 Å². The normalized spacial score (nSPS) is 24.8. The van der Waals surface area contributed by atoms with Crippen LogP contribution >= 0.6 is 0 Å². The van der Waals surface area contributed by atoms with Crippen LogP contribution in [-0.4, -0.2) is 56.9 Å². The van der Waals surface area contributed by atoms with E-state index in [2.05, 4.69) is 15.4 Å². The zero-order chi connectivity index (χ0) is 16.1. The molecule has 0 aliphatic carbocycles. The Kier molecular flexibility index (Phi) is 5.43. The molecule has 1 aromatic rings. The smallest absolute Gasteiger partial charge is 0.215 e. The molecule has 3 atom stereocenters. The Morgan fingerprint density at radius 2 is 2.27 bits per heavy atom. The van der Waals surface area contributed by atoms with Crippen molar-refractivity contribution in [3.8, 4) is 6.07 Å². The molecule has 1 aromatic heterocycles. The van der Waals surface area contributed by atoms with E-state index in [4.69, 9.17) is 15.1 Å². The minimum Gasteiger partial charge on any atom is -0.394 e. The molecule has 2 heterocycles. The topological polar surface area (TPSA) is 119 Å². The predicted octanol–water partition coefficient (Wildman–Crippen LogP) is 0.736. The first kappa shape index (κ1) is 16.4. The maximum Gasteiger partial charge on any atom is 0.215 e. The summed E-state index contributed by atoms with van der Waals surface area (Å²) in [5, 5.41) is 42.0. The van der Waals surface area contributed by atoms with Gasteiger partial charge in [-0.25, -0.2) is 4.68 Å². The standard InChI is InChI=1S/C13H20N6O3/c1-3-18(4-2)17-15-13-9(6-14)7-19(16-13)12-5-10(21)11(8-20)22-12/h7,10-12,20-21H,3-5,8H2,1-2H3/t10-,11+,12+/m0/s1. The maximum absolute atomic E-state index is 9.75. The minimum atomic E-state index is -0.759. The van der Waals surface area contributed by atoms with E-state index in [-0.39, 0.29) is 18.0 Å². The van der Waals surface area contributed by atoms with Crippen LogP contribution in [-0.2, 0) is 4.74 Å². The third-order valence-electron chi connectivity index (χ3n) is 3.51. The molecule has 0 saturated carbocycles. The third-order valence-corrected chi connectivity index (χ3v) is 3.51. The Morgan fingerprint density at radius 3 is 2.82 bits per heavy atom. The predicted molar refractivity (Wildman–Crippen MR) is 76.0 cm³/mol. The van der Waals surface area contributed by atoms with Crippen LogP contribution in [0.3, 0.4) is 0 Å². The van der Waals surface area contributed by atoms with E-state index in [1.54, 1.807) is 5.01 Å². The molecule has 0 radical (unpaired) electrons. The second-order valence-electron chi connectivity index (χ2n) is 4.90. The Morgan fingerprint density at radius 1 is 1.55 bits per heavy atom. The Bertz CT molecular complexity index is 563. The van der Waals surface area contributed by atoms with Gasteiger partial charge in [-0.15, -0.1) is 10.2 Å². The van der Waals surface area contributed by atoms with E-state index in [1.165, 1.54) is 10.9 Å². The van der Waals surface area contributed by atoms with Crippen molar-refractivity contribution in [2.24, 2.45) is 10.3 Å². The van der Waals surface area contributed by atoms with Gasteiger partial charge in [-0.2, -0.15) is 5.26 Å². The minimum absolute atomic E-state index is 0.208. The number of rotatable bonds is 6. The second kappa shape index (κ2) is 7.31. The van der Waals surface area contributed by atoms with Crippen molar-refractivity contribution >= 4 is 5.82 Å². The summed E-state index contributed by atoms with van der Waals surface area (Å²) in [5.74, 6) is 0.208. The van der Waals surface area contributed by atoms with Crippen LogP contribution in [0.4, 0.5) is 5.82 Å². The second-order valence-corrected chi connectivity index (χ2v) is 4.90. The van der Waals surface area contributed by atoms with Gasteiger partial charge < -0.3 is 14.9 Å². The lowest BCUT2D eigenvalue weighted by Crippen LogP contribution is -2.24. The zero-order valence-electron chi connectivity index (χ0n) is 12.6. The fourth-order valence-corrected chi connectivity index (χ4v) is 2.18. The van der Waals surface area contributed by atoms with Crippen LogP contribution in [0.1, 0.15) is 32.1 Å². The molecule has 1 fully saturated rings. The summed E-state index contributed by atoms with van der Waals surface area (Å²) in [5.41, 5.74) is 0.279. The van der Waals surface area contributed by atoms with Gasteiger partial charge >= 0.3 is 0 Å². The molecule has 1 saturated heterocycles. The van der Waals surface area contributed by atoms with Crippen molar-refractivity contribution < 1.29 is 14.9 Å². The average Bonchev–Trinajstić information content (AvgIpc) is 3.11. The molecule has 1 aliphatic heterocycles. The fourth-order valence-electron chi connectivity index (χ4n) is 2.18. The molecule has 0 unspecified atom stereocenters.